The second-order valence-electron chi connectivity index (χ2n) is 4.32. The number of halogens is 2. The molecule has 0 bridgehead atoms. The second-order valence-corrected chi connectivity index (χ2v) is 4.32. The molecule has 0 saturated heterocycles. The third-order valence-electron chi connectivity index (χ3n) is 2.77. The standard InChI is InChI=1S/C13H14F2N2O3/c14-11(15)7-20-4-3-16-13(19)8-1-2-10-9(5-8)6-12(18)17-10/h1-2,5,11H,3-4,6-7H2,(H,16,19)(H,17,18). The number of hydrogen-bond donors (Lipinski definition) is 2. The molecule has 0 fully saturated rings. The number of ether oxygens (including phenoxy) is 1. The summed E-state index contributed by atoms with van der Waals surface area (Å²) in [6, 6.07) is 4.91. The van der Waals surface area contributed by atoms with Gasteiger partial charge < -0.3 is 15.4 Å². The molecule has 2 N–H and O–H groups in total. The van der Waals surface area contributed by atoms with Crippen molar-refractivity contribution in [1.29, 1.82) is 0 Å². The van der Waals surface area contributed by atoms with Crippen LogP contribution in [0.15, 0.2) is 18.2 Å². The second kappa shape index (κ2) is 6.42. The quantitative estimate of drug-likeness (QED) is 0.771. The Labute approximate surface area is 114 Å². The number of carbonyl (C=O) groups excluding carboxylic acids is 2. The Kier molecular flexibility index (Phi) is 4.62. The van der Waals surface area contributed by atoms with Crippen LogP contribution in [-0.4, -0.2) is 38.0 Å². The monoisotopic (exact) mass is 284 g/mol. The molecule has 0 saturated carbocycles. The van der Waals surface area contributed by atoms with Gasteiger partial charge in [0.15, 0.2) is 0 Å². The molecule has 1 aromatic carbocycles. The highest BCUT2D eigenvalue weighted by Crippen LogP contribution is 2.23. The summed E-state index contributed by atoms with van der Waals surface area (Å²) < 4.78 is 28.2. The molecular formula is C13H14F2N2O3. The van der Waals surface area contributed by atoms with Crippen molar-refractivity contribution >= 4 is 17.5 Å². The van der Waals surface area contributed by atoms with E-state index < -0.39 is 13.0 Å². The van der Waals surface area contributed by atoms with Gasteiger partial charge in [0.25, 0.3) is 12.3 Å². The largest absolute Gasteiger partial charge is 0.374 e. The SMILES string of the molecule is O=C1Cc2cc(C(=O)NCCOCC(F)F)ccc2N1. The number of rotatable bonds is 6. The van der Waals surface area contributed by atoms with Crippen LogP contribution in [0, 0.1) is 0 Å². The molecule has 5 nitrogen and oxygen atoms in total. The van der Waals surface area contributed by atoms with Crippen LogP contribution in [0.1, 0.15) is 15.9 Å². The summed E-state index contributed by atoms with van der Waals surface area (Å²) in [5, 5.41) is 5.23. The summed E-state index contributed by atoms with van der Waals surface area (Å²) in [7, 11) is 0. The van der Waals surface area contributed by atoms with Gasteiger partial charge in [-0.1, -0.05) is 0 Å². The number of hydrogen-bond acceptors (Lipinski definition) is 3. The Bertz CT molecular complexity index is 520. The number of carbonyl (C=O) groups is 2. The van der Waals surface area contributed by atoms with E-state index >= 15 is 0 Å². The van der Waals surface area contributed by atoms with E-state index in [9.17, 15) is 18.4 Å². The Morgan fingerprint density at radius 3 is 3.00 bits per heavy atom. The predicted molar refractivity (Wildman–Crippen MR) is 67.9 cm³/mol. The number of nitrogens with one attached hydrogen (secondary N) is 2. The maximum Gasteiger partial charge on any atom is 0.261 e. The molecule has 1 aliphatic rings. The Morgan fingerprint density at radius 1 is 1.45 bits per heavy atom. The van der Waals surface area contributed by atoms with Crippen molar-refractivity contribution in [2.24, 2.45) is 0 Å². The summed E-state index contributed by atoms with van der Waals surface area (Å²) in [4.78, 5) is 23.0. The summed E-state index contributed by atoms with van der Waals surface area (Å²) >= 11 is 0. The van der Waals surface area contributed by atoms with Gasteiger partial charge in [0, 0.05) is 17.8 Å². The number of alkyl halides is 2. The zero-order valence-electron chi connectivity index (χ0n) is 10.6. The smallest absolute Gasteiger partial charge is 0.261 e. The normalized spacial score (nSPS) is 13.2. The summed E-state index contributed by atoms with van der Waals surface area (Å²) in [6.07, 6.45) is -2.25. The Morgan fingerprint density at radius 2 is 2.25 bits per heavy atom. The third kappa shape index (κ3) is 3.74. The van der Waals surface area contributed by atoms with Crippen LogP contribution in [0.4, 0.5) is 14.5 Å². The van der Waals surface area contributed by atoms with E-state index in [4.69, 9.17) is 0 Å². The first-order chi connectivity index (χ1) is 9.56. The molecule has 20 heavy (non-hydrogen) atoms. The van der Waals surface area contributed by atoms with Gasteiger partial charge in [0.1, 0.15) is 6.61 Å². The molecule has 0 aliphatic carbocycles. The van der Waals surface area contributed by atoms with Crippen molar-refractivity contribution in [2.75, 3.05) is 25.1 Å². The van der Waals surface area contributed by atoms with Crippen molar-refractivity contribution in [3.05, 3.63) is 29.3 Å². The van der Waals surface area contributed by atoms with Gasteiger partial charge in [-0.25, -0.2) is 8.78 Å². The first-order valence-corrected chi connectivity index (χ1v) is 6.13. The van der Waals surface area contributed by atoms with Crippen LogP contribution in [0.5, 0.6) is 0 Å². The van der Waals surface area contributed by atoms with Crippen LogP contribution in [-0.2, 0) is 16.0 Å². The molecular weight excluding hydrogens is 270 g/mol. The zero-order chi connectivity index (χ0) is 14.5. The van der Waals surface area contributed by atoms with Crippen LogP contribution < -0.4 is 10.6 Å². The average molecular weight is 284 g/mol. The first kappa shape index (κ1) is 14.4. The van der Waals surface area contributed by atoms with Crippen LogP contribution in [0.3, 0.4) is 0 Å². The lowest BCUT2D eigenvalue weighted by Gasteiger charge is -2.07. The maximum atomic E-state index is 11.8. The fourth-order valence-electron chi connectivity index (χ4n) is 1.88. The van der Waals surface area contributed by atoms with Crippen molar-refractivity contribution < 1.29 is 23.1 Å². The molecule has 2 amide bonds. The summed E-state index contributed by atoms with van der Waals surface area (Å²) in [5.74, 6) is -0.425. The Hall–Kier alpha value is -2.02. The molecule has 0 atom stereocenters. The van der Waals surface area contributed by atoms with E-state index in [1.165, 1.54) is 0 Å². The molecule has 1 aliphatic heterocycles. The minimum atomic E-state index is -2.51. The third-order valence-corrected chi connectivity index (χ3v) is 2.77. The van der Waals surface area contributed by atoms with E-state index in [2.05, 4.69) is 15.4 Å². The topological polar surface area (TPSA) is 67.4 Å². The first-order valence-electron chi connectivity index (χ1n) is 6.13. The predicted octanol–water partition coefficient (Wildman–Crippen LogP) is 1.19. The molecule has 1 aromatic rings. The average Bonchev–Trinajstić information content (AvgIpc) is 2.76. The Balaban J connectivity index is 1.81. The van der Waals surface area contributed by atoms with Crippen LogP contribution in [0.25, 0.3) is 0 Å². The van der Waals surface area contributed by atoms with Gasteiger partial charge >= 0.3 is 0 Å². The maximum absolute atomic E-state index is 11.8. The molecule has 2 rings (SSSR count). The van der Waals surface area contributed by atoms with E-state index in [0.29, 0.717) is 11.3 Å². The van der Waals surface area contributed by atoms with Crippen molar-refractivity contribution in [3.63, 3.8) is 0 Å². The van der Waals surface area contributed by atoms with Crippen molar-refractivity contribution in [3.8, 4) is 0 Å². The van der Waals surface area contributed by atoms with E-state index in [1.807, 2.05) is 0 Å². The molecule has 0 unspecified atom stereocenters. The van der Waals surface area contributed by atoms with E-state index in [-0.39, 0.29) is 31.4 Å². The molecule has 7 heteroatoms. The molecule has 1 heterocycles. The highest BCUT2D eigenvalue weighted by molar-refractivity contribution is 6.01. The number of benzene rings is 1. The molecule has 0 aromatic heterocycles. The highest BCUT2D eigenvalue weighted by atomic mass is 19.3. The molecule has 0 radical (unpaired) electrons. The highest BCUT2D eigenvalue weighted by Gasteiger charge is 2.18. The van der Waals surface area contributed by atoms with Crippen molar-refractivity contribution in [2.45, 2.75) is 12.8 Å². The van der Waals surface area contributed by atoms with Crippen LogP contribution in [0.2, 0.25) is 0 Å². The van der Waals surface area contributed by atoms with Crippen molar-refractivity contribution in [1.82, 2.24) is 5.32 Å². The van der Waals surface area contributed by atoms with E-state index in [0.717, 1.165) is 5.56 Å². The zero-order valence-corrected chi connectivity index (χ0v) is 10.6. The number of anilines is 1. The lowest BCUT2D eigenvalue weighted by molar-refractivity contribution is -0.115. The minimum Gasteiger partial charge on any atom is -0.374 e. The fraction of sp³-hybridized carbons (Fsp3) is 0.385. The van der Waals surface area contributed by atoms with Gasteiger partial charge in [-0.2, -0.15) is 0 Å². The van der Waals surface area contributed by atoms with Gasteiger partial charge in [0.05, 0.1) is 13.0 Å². The minimum absolute atomic E-state index is 0.0288. The lowest BCUT2D eigenvalue weighted by Crippen LogP contribution is -2.27. The van der Waals surface area contributed by atoms with Gasteiger partial charge in [-0.15, -0.1) is 0 Å². The summed E-state index contributed by atoms with van der Waals surface area (Å²) in [6.45, 7) is -0.455. The number of fused-ring (bicyclic) bond motifs is 1. The van der Waals surface area contributed by atoms with Gasteiger partial charge in [-0.3, -0.25) is 9.59 Å². The van der Waals surface area contributed by atoms with E-state index in [1.54, 1.807) is 18.2 Å². The van der Waals surface area contributed by atoms with Crippen LogP contribution >= 0.6 is 0 Å². The van der Waals surface area contributed by atoms with Gasteiger partial charge in [-0.05, 0) is 23.8 Å². The fourth-order valence-corrected chi connectivity index (χ4v) is 1.88. The molecule has 0 spiro atoms. The van der Waals surface area contributed by atoms with Gasteiger partial charge in [0.2, 0.25) is 5.91 Å². The lowest BCUT2D eigenvalue weighted by atomic mass is 10.1. The molecule has 108 valence electrons. The summed E-state index contributed by atoms with van der Waals surface area (Å²) in [5.41, 5.74) is 1.91. The number of amides is 2.